The Hall–Kier alpha value is -1.00. The van der Waals surface area contributed by atoms with E-state index >= 15 is 0 Å². The van der Waals surface area contributed by atoms with Crippen LogP contribution in [0.3, 0.4) is 0 Å². The predicted molar refractivity (Wildman–Crippen MR) is 77.0 cm³/mol. The Kier molecular flexibility index (Phi) is 4.66. The molecule has 1 saturated heterocycles. The molecular formula is C13H21ClN4. The van der Waals surface area contributed by atoms with Gasteiger partial charge in [-0.25, -0.2) is 4.98 Å². The zero-order valence-corrected chi connectivity index (χ0v) is 11.6. The minimum absolute atomic E-state index is 0.316. The SMILES string of the molecule is CC(CN1CCCCC1)Nc1nc(Cl)ccc1N. The zero-order chi connectivity index (χ0) is 13.0. The standard InChI is InChI=1S/C13H21ClN4/c1-10(9-18-7-3-2-4-8-18)16-13-11(15)5-6-12(14)17-13/h5-6,10H,2-4,7-9,15H2,1H3,(H,16,17). The van der Waals surface area contributed by atoms with Crippen molar-refractivity contribution in [1.82, 2.24) is 9.88 Å². The maximum absolute atomic E-state index is 5.88. The quantitative estimate of drug-likeness (QED) is 0.825. The van der Waals surface area contributed by atoms with Gasteiger partial charge in [0.2, 0.25) is 0 Å². The number of anilines is 2. The Labute approximate surface area is 114 Å². The van der Waals surface area contributed by atoms with Crippen LogP contribution in [0, 0.1) is 0 Å². The van der Waals surface area contributed by atoms with Crippen molar-refractivity contribution in [3.63, 3.8) is 0 Å². The van der Waals surface area contributed by atoms with Gasteiger partial charge in [0.05, 0.1) is 5.69 Å². The van der Waals surface area contributed by atoms with Crippen molar-refractivity contribution in [2.45, 2.75) is 32.2 Å². The van der Waals surface area contributed by atoms with Crippen LogP contribution >= 0.6 is 11.6 Å². The molecule has 2 rings (SSSR count). The van der Waals surface area contributed by atoms with Crippen LogP contribution in [0.4, 0.5) is 11.5 Å². The van der Waals surface area contributed by atoms with E-state index in [9.17, 15) is 0 Å². The van der Waals surface area contributed by atoms with Crippen LogP contribution in [-0.4, -0.2) is 35.6 Å². The number of nitrogens with one attached hydrogen (secondary N) is 1. The molecule has 1 fully saturated rings. The number of likely N-dealkylation sites (tertiary alicyclic amines) is 1. The highest BCUT2D eigenvalue weighted by Crippen LogP contribution is 2.19. The molecule has 0 saturated carbocycles. The second-order valence-corrected chi connectivity index (χ2v) is 5.37. The van der Waals surface area contributed by atoms with Gasteiger partial charge in [0.25, 0.3) is 0 Å². The summed E-state index contributed by atoms with van der Waals surface area (Å²) in [6.45, 7) is 5.57. The lowest BCUT2D eigenvalue weighted by atomic mass is 10.1. The summed E-state index contributed by atoms with van der Waals surface area (Å²) in [6, 6.07) is 3.80. The van der Waals surface area contributed by atoms with Crippen LogP contribution in [-0.2, 0) is 0 Å². The number of hydrogen-bond acceptors (Lipinski definition) is 4. The Morgan fingerprint density at radius 2 is 2.11 bits per heavy atom. The average molecular weight is 269 g/mol. The fourth-order valence-electron chi connectivity index (χ4n) is 2.37. The molecule has 0 radical (unpaired) electrons. The minimum atomic E-state index is 0.316. The van der Waals surface area contributed by atoms with E-state index in [4.69, 9.17) is 17.3 Å². The average Bonchev–Trinajstić information content (AvgIpc) is 2.35. The second-order valence-electron chi connectivity index (χ2n) is 4.98. The summed E-state index contributed by atoms with van der Waals surface area (Å²) in [6.07, 6.45) is 3.98. The fourth-order valence-corrected chi connectivity index (χ4v) is 2.52. The molecule has 0 spiro atoms. The highest BCUT2D eigenvalue weighted by molar-refractivity contribution is 6.29. The Bertz CT molecular complexity index is 391. The maximum atomic E-state index is 5.88. The second kappa shape index (κ2) is 6.25. The molecule has 0 amide bonds. The molecule has 1 aromatic heterocycles. The van der Waals surface area contributed by atoms with Gasteiger partial charge in [-0.3, -0.25) is 0 Å². The summed E-state index contributed by atoms with van der Waals surface area (Å²) in [5.41, 5.74) is 6.52. The third-order valence-corrected chi connectivity index (χ3v) is 3.47. The Balaban J connectivity index is 1.89. The van der Waals surface area contributed by atoms with Gasteiger partial charge in [-0.2, -0.15) is 0 Å². The largest absolute Gasteiger partial charge is 0.396 e. The molecular weight excluding hydrogens is 248 g/mol. The van der Waals surface area contributed by atoms with Gasteiger partial charge in [0.15, 0.2) is 5.82 Å². The molecule has 18 heavy (non-hydrogen) atoms. The summed E-state index contributed by atoms with van der Waals surface area (Å²) < 4.78 is 0. The van der Waals surface area contributed by atoms with Gasteiger partial charge in [-0.1, -0.05) is 18.0 Å². The van der Waals surface area contributed by atoms with E-state index in [1.54, 1.807) is 12.1 Å². The van der Waals surface area contributed by atoms with Crippen LogP contribution in [0.5, 0.6) is 0 Å². The van der Waals surface area contributed by atoms with Gasteiger partial charge >= 0.3 is 0 Å². The first-order chi connectivity index (χ1) is 8.65. The molecule has 3 N–H and O–H groups in total. The van der Waals surface area contributed by atoms with Crippen LogP contribution in [0.2, 0.25) is 5.15 Å². The van der Waals surface area contributed by atoms with Crippen molar-refractivity contribution < 1.29 is 0 Å². The number of pyridine rings is 1. The minimum Gasteiger partial charge on any atom is -0.396 e. The van der Waals surface area contributed by atoms with E-state index in [-0.39, 0.29) is 0 Å². The molecule has 1 aromatic rings. The van der Waals surface area contributed by atoms with E-state index in [1.165, 1.54) is 32.4 Å². The van der Waals surface area contributed by atoms with Crippen LogP contribution in [0.15, 0.2) is 12.1 Å². The normalized spacial score (nSPS) is 18.6. The van der Waals surface area contributed by atoms with Crippen molar-refractivity contribution in [3.8, 4) is 0 Å². The first-order valence-electron chi connectivity index (χ1n) is 6.56. The van der Waals surface area contributed by atoms with Gasteiger partial charge < -0.3 is 16.0 Å². The van der Waals surface area contributed by atoms with Gasteiger partial charge in [0, 0.05) is 12.6 Å². The van der Waals surface area contributed by atoms with E-state index in [0.29, 0.717) is 22.7 Å². The lowest BCUT2D eigenvalue weighted by Gasteiger charge is -2.29. The van der Waals surface area contributed by atoms with Crippen molar-refractivity contribution in [3.05, 3.63) is 17.3 Å². The topological polar surface area (TPSA) is 54.2 Å². The first kappa shape index (κ1) is 13.4. The van der Waals surface area contributed by atoms with Crippen molar-refractivity contribution in [2.75, 3.05) is 30.7 Å². The van der Waals surface area contributed by atoms with Crippen molar-refractivity contribution in [1.29, 1.82) is 0 Å². The predicted octanol–water partition coefficient (Wildman–Crippen LogP) is 2.60. The summed E-state index contributed by atoms with van der Waals surface area (Å²) in [5, 5.41) is 3.81. The van der Waals surface area contributed by atoms with Crippen LogP contribution < -0.4 is 11.1 Å². The number of nitrogen functional groups attached to an aromatic ring is 1. The highest BCUT2D eigenvalue weighted by atomic mass is 35.5. The number of nitrogens with zero attached hydrogens (tertiary/aromatic N) is 2. The Morgan fingerprint density at radius 1 is 1.39 bits per heavy atom. The molecule has 2 heterocycles. The molecule has 100 valence electrons. The lowest BCUT2D eigenvalue weighted by molar-refractivity contribution is 0.223. The number of halogens is 1. The zero-order valence-electron chi connectivity index (χ0n) is 10.8. The van der Waals surface area contributed by atoms with E-state index in [0.717, 1.165) is 6.54 Å². The van der Waals surface area contributed by atoms with Gasteiger partial charge in [0.1, 0.15) is 5.15 Å². The van der Waals surface area contributed by atoms with Crippen LogP contribution in [0.1, 0.15) is 26.2 Å². The fraction of sp³-hybridized carbons (Fsp3) is 0.615. The van der Waals surface area contributed by atoms with Crippen molar-refractivity contribution >= 4 is 23.1 Å². The van der Waals surface area contributed by atoms with E-state index < -0.39 is 0 Å². The third kappa shape index (κ3) is 3.75. The molecule has 1 atom stereocenters. The number of nitrogens with two attached hydrogens (primary N) is 1. The molecule has 0 bridgehead atoms. The molecule has 1 aliphatic rings. The van der Waals surface area contributed by atoms with Gasteiger partial charge in [-0.15, -0.1) is 0 Å². The first-order valence-corrected chi connectivity index (χ1v) is 6.94. The number of piperidine rings is 1. The molecule has 5 heteroatoms. The van der Waals surface area contributed by atoms with Gasteiger partial charge in [-0.05, 0) is 45.0 Å². The van der Waals surface area contributed by atoms with Crippen molar-refractivity contribution in [2.24, 2.45) is 0 Å². The Morgan fingerprint density at radius 3 is 2.83 bits per heavy atom. The molecule has 4 nitrogen and oxygen atoms in total. The summed E-state index contributed by atoms with van der Waals surface area (Å²) in [7, 11) is 0. The van der Waals surface area contributed by atoms with E-state index in [2.05, 4.69) is 22.1 Å². The lowest BCUT2D eigenvalue weighted by Crippen LogP contribution is -2.38. The number of hydrogen-bond donors (Lipinski definition) is 2. The molecule has 0 aliphatic carbocycles. The molecule has 0 aromatic carbocycles. The monoisotopic (exact) mass is 268 g/mol. The summed E-state index contributed by atoms with van der Waals surface area (Å²) in [5.74, 6) is 0.687. The number of rotatable bonds is 4. The number of aromatic nitrogens is 1. The summed E-state index contributed by atoms with van der Waals surface area (Å²) in [4.78, 5) is 6.70. The molecule has 1 unspecified atom stereocenters. The smallest absolute Gasteiger partial charge is 0.151 e. The maximum Gasteiger partial charge on any atom is 0.151 e. The van der Waals surface area contributed by atoms with Crippen LogP contribution in [0.25, 0.3) is 0 Å². The van der Waals surface area contributed by atoms with E-state index in [1.807, 2.05) is 0 Å². The third-order valence-electron chi connectivity index (χ3n) is 3.26. The highest BCUT2D eigenvalue weighted by Gasteiger charge is 2.14. The molecule has 1 aliphatic heterocycles. The summed E-state index contributed by atoms with van der Waals surface area (Å²) >= 11 is 5.88.